The smallest absolute Gasteiger partial charge is 0.243 e. The molecule has 2 aliphatic rings. The zero-order valence-electron chi connectivity index (χ0n) is 19.3. The zero-order valence-corrected chi connectivity index (χ0v) is 19.3. The Bertz CT molecular complexity index is 964. The van der Waals surface area contributed by atoms with Crippen LogP contribution < -0.4 is 10.1 Å². The van der Waals surface area contributed by atoms with Crippen molar-refractivity contribution in [3.8, 4) is 5.75 Å². The summed E-state index contributed by atoms with van der Waals surface area (Å²) in [6, 6.07) is 17.8. The lowest BCUT2D eigenvalue weighted by Gasteiger charge is -2.22. The number of amides is 2. The topological polar surface area (TPSA) is 71.0 Å². The average molecular weight is 448 g/mol. The molecule has 1 saturated carbocycles. The Hall–Kier alpha value is -3.15. The molecule has 33 heavy (non-hydrogen) atoms. The van der Waals surface area contributed by atoms with E-state index in [2.05, 4.69) is 5.32 Å². The van der Waals surface area contributed by atoms with Crippen LogP contribution in [0, 0.1) is 0 Å². The Morgan fingerprint density at radius 3 is 2.33 bits per heavy atom. The molecule has 1 heterocycles. The minimum absolute atomic E-state index is 0.0392. The summed E-state index contributed by atoms with van der Waals surface area (Å²) in [7, 11) is 1.64. The number of benzene rings is 2. The zero-order chi connectivity index (χ0) is 23.0. The van der Waals surface area contributed by atoms with E-state index < -0.39 is 0 Å². The molecule has 2 aromatic rings. The third kappa shape index (κ3) is 6.01. The lowest BCUT2D eigenvalue weighted by molar-refractivity contribution is -0.135. The highest BCUT2D eigenvalue weighted by atomic mass is 16.5. The summed E-state index contributed by atoms with van der Waals surface area (Å²) in [4.78, 5) is 25.7. The first-order valence-electron chi connectivity index (χ1n) is 12.0. The summed E-state index contributed by atoms with van der Waals surface area (Å²) >= 11 is 0. The second-order valence-corrected chi connectivity index (χ2v) is 8.90. The minimum Gasteiger partial charge on any atom is -0.497 e. The number of hydrazone groups is 1. The van der Waals surface area contributed by atoms with E-state index in [9.17, 15) is 9.59 Å². The number of nitrogens with one attached hydrogen (secondary N) is 1. The summed E-state index contributed by atoms with van der Waals surface area (Å²) in [6.45, 7) is 0. The molecule has 6 nitrogen and oxygen atoms in total. The number of hydrogen-bond donors (Lipinski definition) is 1. The molecule has 6 heteroatoms. The molecular weight excluding hydrogens is 414 g/mol. The summed E-state index contributed by atoms with van der Waals surface area (Å²) in [5.41, 5.74) is 2.90. The van der Waals surface area contributed by atoms with E-state index in [1.807, 2.05) is 54.6 Å². The first-order valence-corrected chi connectivity index (χ1v) is 12.0. The average Bonchev–Trinajstić information content (AvgIpc) is 3.15. The number of rotatable bonds is 7. The maximum Gasteiger partial charge on any atom is 0.243 e. The Kier molecular flexibility index (Phi) is 7.76. The van der Waals surface area contributed by atoms with Gasteiger partial charge >= 0.3 is 0 Å². The highest BCUT2D eigenvalue weighted by molar-refractivity contribution is 6.03. The van der Waals surface area contributed by atoms with Gasteiger partial charge in [-0.2, -0.15) is 5.10 Å². The van der Waals surface area contributed by atoms with Gasteiger partial charge in [0.05, 0.1) is 18.9 Å². The van der Waals surface area contributed by atoms with Crippen LogP contribution >= 0.6 is 0 Å². The molecule has 2 aromatic carbocycles. The van der Waals surface area contributed by atoms with Crippen molar-refractivity contribution in [1.29, 1.82) is 0 Å². The fourth-order valence-corrected chi connectivity index (χ4v) is 4.69. The minimum atomic E-state index is -0.191. The van der Waals surface area contributed by atoms with Gasteiger partial charge in [0.2, 0.25) is 11.8 Å². The monoisotopic (exact) mass is 447 g/mol. The second-order valence-electron chi connectivity index (χ2n) is 8.90. The van der Waals surface area contributed by atoms with Gasteiger partial charge in [-0.05, 0) is 36.1 Å². The van der Waals surface area contributed by atoms with Crippen molar-refractivity contribution in [3.05, 3.63) is 65.7 Å². The van der Waals surface area contributed by atoms with Crippen LogP contribution in [-0.4, -0.2) is 35.7 Å². The van der Waals surface area contributed by atoms with Crippen LogP contribution in [0.1, 0.15) is 75.0 Å². The number of methoxy groups -OCH3 is 1. The van der Waals surface area contributed by atoms with Crippen LogP contribution in [0.5, 0.6) is 5.75 Å². The first-order chi connectivity index (χ1) is 16.1. The number of hydrogen-bond acceptors (Lipinski definition) is 4. The van der Waals surface area contributed by atoms with E-state index >= 15 is 0 Å². The molecule has 174 valence electrons. The fourth-order valence-electron chi connectivity index (χ4n) is 4.69. The van der Waals surface area contributed by atoms with Gasteiger partial charge in [-0.25, -0.2) is 5.01 Å². The van der Waals surface area contributed by atoms with Crippen LogP contribution in [0.15, 0.2) is 59.7 Å². The molecular formula is C27H33N3O3. The van der Waals surface area contributed by atoms with Crippen molar-refractivity contribution in [2.24, 2.45) is 5.10 Å². The Morgan fingerprint density at radius 1 is 0.970 bits per heavy atom. The summed E-state index contributed by atoms with van der Waals surface area (Å²) in [6.07, 6.45) is 7.87. The molecule has 2 amide bonds. The maximum absolute atomic E-state index is 13.2. The Morgan fingerprint density at radius 2 is 1.67 bits per heavy atom. The molecule has 1 aliphatic heterocycles. The number of carbonyl (C=O) groups is 2. The van der Waals surface area contributed by atoms with Gasteiger partial charge in [0.15, 0.2) is 0 Å². The number of ether oxygens (including phenoxy) is 1. The molecule has 1 aliphatic carbocycles. The molecule has 0 aromatic heterocycles. The highest BCUT2D eigenvalue weighted by Crippen LogP contribution is 2.34. The molecule has 0 bridgehead atoms. The van der Waals surface area contributed by atoms with E-state index in [0.717, 1.165) is 48.3 Å². The molecule has 0 radical (unpaired) electrons. The van der Waals surface area contributed by atoms with Gasteiger partial charge in [-0.3, -0.25) is 9.59 Å². The molecule has 4 rings (SSSR count). The lowest BCUT2D eigenvalue weighted by Crippen LogP contribution is -2.35. The summed E-state index contributed by atoms with van der Waals surface area (Å²) in [5, 5.41) is 9.41. The van der Waals surface area contributed by atoms with Crippen LogP contribution in [-0.2, 0) is 9.59 Å². The van der Waals surface area contributed by atoms with Crippen LogP contribution in [0.25, 0.3) is 0 Å². The van der Waals surface area contributed by atoms with Gasteiger partial charge in [-0.1, -0.05) is 68.1 Å². The van der Waals surface area contributed by atoms with Crippen molar-refractivity contribution in [3.63, 3.8) is 0 Å². The maximum atomic E-state index is 13.2. The van der Waals surface area contributed by atoms with Crippen molar-refractivity contribution in [2.45, 2.75) is 69.9 Å². The number of nitrogens with zero attached hydrogens (tertiary/aromatic N) is 2. The molecule has 1 N–H and O–H groups in total. The normalized spacial score (nSPS) is 19.0. The quantitative estimate of drug-likeness (QED) is 0.608. The predicted octanol–water partition coefficient (Wildman–Crippen LogP) is 4.99. The van der Waals surface area contributed by atoms with Crippen LogP contribution in [0.4, 0.5) is 0 Å². The molecule has 1 atom stereocenters. The Labute approximate surface area is 196 Å². The summed E-state index contributed by atoms with van der Waals surface area (Å²) in [5.74, 6) is 0.606. The van der Waals surface area contributed by atoms with E-state index in [1.54, 1.807) is 12.1 Å². The SMILES string of the molecule is COc1ccc([C@H]2CC(c3ccccc3)=NN2C(=O)CCC(=O)NC2CCCCCC2)cc1. The summed E-state index contributed by atoms with van der Waals surface area (Å²) < 4.78 is 5.28. The molecule has 0 saturated heterocycles. The molecule has 0 spiro atoms. The van der Waals surface area contributed by atoms with Crippen molar-refractivity contribution < 1.29 is 14.3 Å². The van der Waals surface area contributed by atoms with Gasteiger partial charge in [0.25, 0.3) is 0 Å². The number of carbonyl (C=O) groups excluding carboxylic acids is 2. The fraction of sp³-hybridized carbons (Fsp3) is 0.444. The standard InChI is InChI=1S/C27H33N3O3/c1-33-23-15-13-21(14-16-23)25-19-24(20-9-5-4-6-10-20)29-30(25)27(32)18-17-26(31)28-22-11-7-2-3-8-12-22/h4-6,9-10,13-16,22,25H,2-3,7-8,11-12,17-19H2,1H3,(H,28,31)/t25-/m1/s1. The molecule has 1 fully saturated rings. The largest absolute Gasteiger partial charge is 0.497 e. The van der Waals surface area contributed by atoms with E-state index in [4.69, 9.17) is 9.84 Å². The van der Waals surface area contributed by atoms with Crippen LogP contribution in [0.2, 0.25) is 0 Å². The van der Waals surface area contributed by atoms with Crippen LogP contribution in [0.3, 0.4) is 0 Å². The predicted molar refractivity (Wildman–Crippen MR) is 129 cm³/mol. The lowest BCUT2D eigenvalue weighted by atomic mass is 9.98. The van der Waals surface area contributed by atoms with Gasteiger partial charge in [0, 0.05) is 25.3 Å². The Balaban J connectivity index is 1.44. The second kappa shape index (κ2) is 11.1. The van der Waals surface area contributed by atoms with Crippen molar-refractivity contribution in [2.75, 3.05) is 7.11 Å². The van der Waals surface area contributed by atoms with Gasteiger partial charge in [0.1, 0.15) is 5.75 Å². The first kappa shape index (κ1) is 23.0. The van der Waals surface area contributed by atoms with E-state index in [-0.39, 0.29) is 36.7 Å². The third-order valence-corrected chi connectivity index (χ3v) is 6.56. The highest BCUT2D eigenvalue weighted by Gasteiger charge is 2.33. The van der Waals surface area contributed by atoms with Gasteiger partial charge < -0.3 is 10.1 Å². The third-order valence-electron chi connectivity index (χ3n) is 6.56. The van der Waals surface area contributed by atoms with Crippen molar-refractivity contribution >= 4 is 17.5 Å². The van der Waals surface area contributed by atoms with E-state index in [1.165, 1.54) is 12.8 Å². The van der Waals surface area contributed by atoms with Crippen molar-refractivity contribution in [1.82, 2.24) is 10.3 Å². The molecule has 0 unspecified atom stereocenters. The van der Waals surface area contributed by atoms with E-state index in [0.29, 0.717) is 6.42 Å². The van der Waals surface area contributed by atoms with Gasteiger partial charge in [-0.15, -0.1) is 0 Å².